The molecule has 0 amide bonds. The van der Waals surface area contributed by atoms with Gasteiger partial charge in [0, 0.05) is 7.05 Å². The van der Waals surface area contributed by atoms with E-state index < -0.39 is 15.8 Å². The van der Waals surface area contributed by atoms with Gasteiger partial charge in [-0.05, 0) is 55.3 Å². The first kappa shape index (κ1) is 19.9. The summed E-state index contributed by atoms with van der Waals surface area (Å²) >= 11 is 0. The first-order chi connectivity index (χ1) is 13.2. The molecule has 0 aliphatic rings. The number of hydrogen-bond donors (Lipinski definition) is 0. The third-order valence-corrected chi connectivity index (χ3v) is 6.60. The van der Waals surface area contributed by atoms with Gasteiger partial charge in [0.1, 0.15) is 17.3 Å². The van der Waals surface area contributed by atoms with Crippen LogP contribution in [0, 0.1) is 13.8 Å². The van der Waals surface area contributed by atoms with Crippen LogP contribution in [0.1, 0.15) is 27.3 Å². The van der Waals surface area contributed by atoms with Crippen molar-refractivity contribution < 1.29 is 22.7 Å². The topological polar surface area (TPSA) is 87.5 Å². The Kier molecular flexibility index (Phi) is 5.16. The monoisotopic (exact) mass is 402 g/mol. The lowest BCUT2D eigenvalue weighted by atomic mass is 10.1. The van der Waals surface area contributed by atoms with Crippen molar-refractivity contribution in [2.45, 2.75) is 24.5 Å². The number of fused-ring (bicyclic) bond motifs is 1. The molecule has 0 atom stereocenters. The smallest absolute Gasteiger partial charge is 0.337 e. The first-order valence-corrected chi connectivity index (χ1v) is 10.2. The molecule has 7 nitrogen and oxygen atoms in total. The number of ether oxygens (including phenoxy) is 2. The maximum Gasteiger partial charge on any atom is 0.337 e. The SMILES string of the molecule is COC(=O)c1ccc2c(c1)nc(CS(=O)(=O)c1c(C)cc(OC)cc1C)n2C. The van der Waals surface area contributed by atoms with Crippen molar-refractivity contribution in [2.75, 3.05) is 14.2 Å². The number of carbonyl (C=O) groups is 1. The summed E-state index contributed by atoms with van der Waals surface area (Å²) in [6.45, 7) is 3.50. The van der Waals surface area contributed by atoms with Crippen LogP contribution in [0.5, 0.6) is 5.75 Å². The lowest BCUT2D eigenvalue weighted by Gasteiger charge is -2.13. The van der Waals surface area contributed by atoms with Crippen LogP contribution in [0.15, 0.2) is 35.2 Å². The number of esters is 1. The average molecular weight is 402 g/mol. The number of imidazole rings is 1. The number of methoxy groups -OCH3 is 2. The molecule has 0 unspecified atom stereocenters. The molecule has 3 aromatic rings. The van der Waals surface area contributed by atoms with Gasteiger partial charge in [0.05, 0.1) is 35.7 Å². The van der Waals surface area contributed by atoms with Gasteiger partial charge in [-0.1, -0.05) is 0 Å². The van der Waals surface area contributed by atoms with E-state index in [1.54, 1.807) is 62.9 Å². The van der Waals surface area contributed by atoms with E-state index in [4.69, 9.17) is 9.47 Å². The minimum Gasteiger partial charge on any atom is -0.497 e. The molecule has 1 heterocycles. The second-order valence-corrected chi connectivity index (χ2v) is 8.56. The van der Waals surface area contributed by atoms with Crippen molar-refractivity contribution >= 4 is 26.8 Å². The maximum absolute atomic E-state index is 13.1. The summed E-state index contributed by atoms with van der Waals surface area (Å²) in [5, 5.41) is 0. The second-order valence-electron chi connectivity index (χ2n) is 6.63. The fraction of sp³-hybridized carbons (Fsp3) is 0.300. The molecule has 0 saturated heterocycles. The third-order valence-electron chi connectivity index (χ3n) is 4.69. The highest BCUT2D eigenvalue weighted by Crippen LogP contribution is 2.29. The summed E-state index contributed by atoms with van der Waals surface area (Å²) in [5.74, 6) is 0.296. The van der Waals surface area contributed by atoms with Crippen molar-refractivity contribution in [3.8, 4) is 5.75 Å². The lowest BCUT2D eigenvalue weighted by Crippen LogP contribution is -2.12. The normalized spacial score (nSPS) is 11.6. The molecular formula is C20H22N2O5S. The second kappa shape index (κ2) is 7.27. The molecule has 3 rings (SSSR count). The molecule has 0 fully saturated rings. The third kappa shape index (κ3) is 3.47. The first-order valence-electron chi connectivity index (χ1n) is 8.59. The van der Waals surface area contributed by atoms with Gasteiger partial charge in [-0.25, -0.2) is 18.2 Å². The van der Waals surface area contributed by atoms with Crippen molar-refractivity contribution in [1.29, 1.82) is 0 Å². The van der Waals surface area contributed by atoms with Crippen molar-refractivity contribution in [3.63, 3.8) is 0 Å². The summed E-state index contributed by atoms with van der Waals surface area (Å²) in [4.78, 5) is 16.5. The largest absolute Gasteiger partial charge is 0.497 e. The highest BCUT2D eigenvalue weighted by atomic mass is 32.2. The van der Waals surface area contributed by atoms with E-state index in [9.17, 15) is 13.2 Å². The van der Waals surface area contributed by atoms with Crippen LogP contribution in [-0.4, -0.2) is 38.2 Å². The minimum atomic E-state index is -3.63. The lowest BCUT2D eigenvalue weighted by molar-refractivity contribution is 0.0601. The Hall–Kier alpha value is -2.87. The number of carbonyl (C=O) groups excluding carboxylic acids is 1. The van der Waals surface area contributed by atoms with Crippen molar-refractivity contribution in [1.82, 2.24) is 9.55 Å². The van der Waals surface area contributed by atoms with Gasteiger partial charge >= 0.3 is 5.97 Å². The van der Waals surface area contributed by atoms with E-state index in [-0.39, 0.29) is 10.6 Å². The fourth-order valence-corrected chi connectivity index (χ4v) is 5.23. The zero-order chi connectivity index (χ0) is 20.6. The number of aromatic nitrogens is 2. The number of rotatable bonds is 5. The summed E-state index contributed by atoms with van der Waals surface area (Å²) in [7, 11) is 0.978. The molecule has 0 saturated carbocycles. The highest BCUT2D eigenvalue weighted by molar-refractivity contribution is 7.90. The summed E-state index contributed by atoms with van der Waals surface area (Å²) in [5.41, 5.74) is 2.90. The molecule has 28 heavy (non-hydrogen) atoms. The fourth-order valence-electron chi connectivity index (χ4n) is 3.38. The predicted octanol–water partition coefficient (Wildman–Crippen LogP) is 2.96. The zero-order valence-electron chi connectivity index (χ0n) is 16.4. The Morgan fingerprint density at radius 2 is 1.75 bits per heavy atom. The highest BCUT2D eigenvalue weighted by Gasteiger charge is 2.24. The minimum absolute atomic E-state index is 0.250. The molecule has 0 aliphatic heterocycles. The van der Waals surface area contributed by atoms with E-state index in [1.807, 2.05) is 0 Å². The van der Waals surface area contributed by atoms with Crippen molar-refractivity contribution in [3.05, 3.63) is 52.8 Å². The Balaban J connectivity index is 2.04. The van der Waals surface area contributed by atoms with E-state index in [0.29, 0.717) is 33.8 Å². The maximum atomic E-state index is 13.1. The van der Waals surface area contributed by atoms with Gasteiger partial charge in [-0.3, -0.25) is 0 Å². The molecule has 0 N–H and O–H groups in total. The molecular weight excluding hydrogens is 380 g/mol. The molecule has 148 valence electrons. The van der Waals surface area contributed by atoms with Crippen LogP contribution in [0.25, 0.3) is 11.0 Å². The van der Waals surface area contributed by atoms with Gasteiger partial charge in [-0.15, -0.1) is 0 Å². The Morgan fingerprint density at radius 3 is 2.32 bits per heavy atom. The van der Waals surface area contributed by atoms with E-state index >= 15 is 0 Å². The van der Waals surface area contributed by atoms with Gasteiger partial charge in [-0.2, -0.15) is 0 Å². The van der Waals surface area contributed by atoms with Crippen molar-refractivity contribution in [2.24, 2.45) is 7.05 Å². The summed E-state index contributed by atoms with van der Waals surface area (Å²) in [6, 6.07) is 8.37. The molecule has 0 bridgehead atoms. The molecule has 2 aromatic carbocycles. The summed E-state index contributed by atoms with van der Waals surface area (Å²) in [6.07, 6.45) is 0. The number of nitrogens with zero attached hydrogens (tertiary/aromatic N) is 2. The van der Waals surface area contributed by atoms with Crippen LogP contribution in [0.4, 0.5) is 0 Å². The van der Waals surface area contributed by atoms with Crippen LogP contribution in [-0.2, 0) is 27.4 Å². The Labute approximate surface area is 163 Å². The Bertz CT molecular complexity index is 1160. The Morgan fingerprint density at radius 1 is 1.11 bits per heavy atom. The van der Waals surface area contributed by atoms with Gasteiger partial charge in [0.15, 0.2) is 9.84 Å². The van der Waals surface area contributed by atoms with Crippen LogP contribution < -0.4 is 4.74 Å². The van der Waals surface area contributed by atoms with Crippen LogP contribution in [0.2, 0.25) is 0 Å². The molecule has 0 radical (unpaired) electrons. The molecule has 8 heteroatoms. The predicted molar refractivity (Wildman–Crippen MR) is 105 cm³/mol. The standard InChI is InChI=1S/C20H22N2O5S/c1-12-8-15(26-4)9-13(2)19(12)28(24,25)11-18-21-16-10-14(20(23)27-5)6-7-17(16)22(18)3/h6-10H,11H2,1-5H3. The molecule has 0 spiro atoms. The van der Waals surface area contributed by atoms with E-state index in [0.717, 1.165) is 5.52 Å². The van der Waals surface area contributed by atoms with Gasteiger partial charge < -0.3 is 14.0 Å². The number of sulfone groups is 1. The summed E-state index contributed by atoms with van der Waals surface area (Å²) < 4.78 is 37.9. The molecule has 1 aromatic heterocycles. The van der Waals surface area contributed by atoms with Gasteiger partial charge in [0.2, 0.25) is 0 Å². The molecule has 0 aliphatic carbocycles. The van der Waals surface area contributed by atoms with Crippen LogP contribution >= 0.6 is 0 Å². The quantitative estimate of drug-likeness (QED) is 0.610. The van der Waals surface area contributed by atoms with Crippen LogP contribution in [0.3, 0.4) is 0 Å². The zero-order valence-corrected chi connectivity index (χ0v) is 17.3. The van der Waals surface area contributed by atoms with Gasteiger partial charge in [0.25, 0.3) is 0 Å². The number of aryl methyl sites for hydroxylation is 3. The number of hydrogen-bond acceptors (Lipinski definition) is 6. The number of benzene rings is 2. The van der Waals surface area contributed by atoms with E-state index in [1.165, 1.54) is 7.11 Å². The average Bonchev–Trinajstić information content (AvgIpc) is 2.94. The van der Waals surface area contributed by atoms with E-state index in [2.05, 4.69) is 4.98 Å².